The summed E-state index contributed by atoms with van der Waals surface area (Å²) in [4.78, 5) is 33.5. The summed E-state index contributed by atoms with van der Waals surface area (Å²) in [6, 6.07) is 0. The molecule has 2 atom stereocenters. The van der Waals surface area contributed by atoms with Crippen molar-refractivity contribution in [3.05, 3.63) is 56.3 Å². The van der Waals surface area contributed by atoms with Gasteiger partial charge in [0.2, 0.25) is 0 Å². The van der Waals surface area contributed by atoms with Crippen LogP contribution in [0.25, 0.3) is 0 Å². The van der Waals surface area contributed by atoms with Gasteiger partial charge in [-0.1, -0.05) is 45.1 Å². The molecular formula is C18H26N2O6. The van der Waals surface area contributed by atoms with Crippen LogP contribution in [0.1, 0.15) is 58.8 Å². The van der Waals surface area contributed by atoms with Crippen molar-refractivity contribution in [3.8, 4) is 0 Å². The fourth-order valence-electron chi connectivity index (χ4n) is 2.95. The van der Waals surface area contributed by atoms with Crippen LogP contribution in [0.3, 0.4) is 0 Å². The minimum absolute atomic E-state index is 0.0710. The molecule has 0 fully saturated rings. The summed E-state index contributed by atoms with van der Waals surface area (Å²) in [5.41, 5.74) is -2.18. The second-order valence-electron chi connectivity index (χ2n) is 6.31. The zero-order valence-electron chi connectivity index (χ0n) is 15.3. The molecule has 0 spiro atoms. The maximum absolute atomic E-state index is 11.9. The fourth-order valence-corrected chi connectivity index (χ4v) is 2.95. The average Bonchev–Trinajstić information content (AvgIpc) is 2.59. The summed E-state index contributed by atoms with van der Waals surface area (Å²) >= 11 is 0. The Morgan fingerprint density at radius 1 is 1.23 bits per heavy atom. The van der Waals surface area contributed by atoms with Gasteiger partial charge in [0.15, 0.2) is 6.10 Å². The van der Waals surface area contributed by atoms with Crippen LogP contribution in [0, 0.1) is 20.2 Å². The first-order valence-electron chi connectivity index (χ1n) is 8.90. The Hall–Kier alpha value is -2.51. The summed E-state index contributed by atoms with van der Waals surface area (Å²) < 4.78 is 5.21. The van der Waals surface area contributed by atoms with E-state index < -0.39 is 27.5 Å². The predicted octanol–water partition coefficient (Wildman–Crippen LogP) is 3.97. The third-order valence-corrected chi connectivity index (χ3v) is 4.36. The molecule has 0 amide bonds. The topological polar surface area (TPSA) is 113 Å². The van der Waals surface area contributed by atoms with Crippen LogP contribution in [0.4, 0.5) is 0 Å². The summed E-state index contributed by atoms with van der Waals surface area (Å²) in [6.45, 7) is 3.73. The van der Waals surface area contributed by atoms with E-state index in [1.165, 1.54) is 12.2 Å². The van der Waals surface area contributed by atoms with E-state index in [0.717, 1.165) is 50.3 Å². The highest BCUT2D eigenvalue weighted by atomic mass is 16.6. The van der Waals surface area contributed by atoms with Gasteiger partial charge >= 0.3 is 5.97 Å². The molecule has 8 nitrogen and oxygen atoms in total. The van der Waals surface area contributed by atoms with Crippen LogP contribution in [0.15, 0.2) is 36.1 Å². The number of esters is 1. The minimum atomic E-state index is -1.82. The third kappa shape index (κ3) is 5.79. The van der Waals surface area contributed by atoms with Crippen molar-refractivity contribution in [2.75, 3.05) is 0 Å². The van der Waals surface area contributed by atoms with Gasteiger partial charge < -0.3 is 4.74 Å². The lowest BCUT2D eigenvalue weighted by atomic mass is 9.82. The molecule has 0 aromatic heterocycles. The standard InChI is InChI=1S/C18H26N2O6/c1-3-5-6-7-8-9-13-18(20(24)25)14-15(19(22)23)11-12-16(18)26-17(21)10-4-2/h4,10-12,14,16H,3,5-9,13H2,1-2H3/b10-4+. The number of rotatable bonds is 11. The molecule has 0 bridgehead atoms. The van der Waals surface area contributed by atoms with Crippen LogP contribution < -0.4 is 0 Å². The van der Waals surface area contributed by atoms with Gasteiger partial charge in [-0.25, -0.2) is 4.79 Å². The minimum Gasteiger partial charge on any atom is -0.447 e. The highest BCUT2D eigenvalue weighted by molar-refractivity contribution is 5.82. The molecule has 0 heterocycles. The molecule has 0 aliphatic heterocycles. The molecule has 0 N–H and O–H groups in total. The van der Waals surface area contributed by atoms with Gasteiger partial charge in [0.1, 0.15) is 0 Å². The fraction of sp³-hybridized carbons (Fsp3) is 0.611. The number of hydrogen-bond donors (Lipinski definition) is 0. The Balaban J connectivity index is 2.99. The summed E-state index contributed by atoms with van der Waals surface area (Å²) in [6.07, 6.45) is 10.5. The van der Waals surface area contributed by atoms with Gasteiger partial charge in [-0.05, 0) is 19.4 Å². The normalized spacial score (nSPS) is 22.2. The summed E-state index contributed by atoms with van der Waals surface area (Å²) in [5.74, 6) is -0.714. The van der Waals surface area contributed by atoms with Gasteiger partial charge in [-0.2, -0.15) is 0 Å². The molecule has 2 unspecified atom stereocenters. The number of carbonyl (C=O) groups excluding carboxylic acids is 1. The van der Waals surface area contributed by atoms with Crippen LogP contribution in [0.5, 0.6) is 0 Å². The second-order valence-corrected chi connectivity index (χ2v) is 6.31. The molecule has 0 aromatic carbocycles. The number of hydrogen-bond acceptors (Lipinski definition) is 6. The maximum Gasteiger partial charge on any atom is 0.331 e. The van der Waals surface area contributed by atoms with E-state index in [9.17, 15) is 25.0 Å². The highest BCUT2D eigenvalue weighted by Crippen LogP contribution is 2.33. The number of carbonyl (C=O) groups is 1. The van der Waals surface area contributed by atoms with E-state index in [4.69, 9.17) is 4.74 Å². The lowest BCUT2D eigenvalue weighted by Crippen LogP contribution is -2.50. The van der Waals surface area contributed by atoms with Crippen molar-refractivity contribution in [1.82, 2.24) is 0 Å². The maximum atomic E-state index is 11.9. The number of nitrogens with zero attached hydrogens (tertiary/aromatic N) is 2. The first-order valence-corrected chi connectivity index (χ1v) is 8.90. The van der Waals surface area contributed by atoms with Gasteiger partial charge in [-0.3, -0.25) is 20.2 Å². The lowest BCUT2D eigenvalue weighted by molar-refractivity contribution is -0.568. The molecule has 26 heavy (non-hydrogen) atoms. The molecule has 0 aromatic rings. The number of ether oxygens (including phenoxy) is 1. The average molecular weight is 366 g/mol. The second kappa shape index (κ2) is 10.5. The van der Waals surface area contributed by atoms with Crippen LogP contribution >= 0.6 is 0 Å². The van der Waals surface area contributed by atoms with Crippen molar-refractivity contribution < 1.29 is 19.4 Å². The predicted molar refractivity (Wildman–Crippen MR) is 96.6 cm³/mol. The van der Waals surface area contributed by atoms with Gasteiger partial charge in [0.25, 0.3) is 11.2 Å². The molecule has 0 saturated carbocycles. The van der Waals surface area contributed by atoms with E-state index >= 15 is 0 Å². The van der Waals surface area contributed by atoms with E-state index in [1.54, 1.807) is 6.92 Å². The monoisotopic (exact) mass is 366 g/mol. The first-order chi connectivity index (χ1) is 12.4. The lowest BCUT2D eigenvalue weighted by Gasteiger charge is -2.29. The van der Waals surface area contributed by atoms with E-state index in [2.05, 4.69) is 6.92 Å². The molecule has 8 heteroatoms. The third-order valence-electron chi connectivity index (χ3n) is 4.36. The molecule has 1 aliphatic carbocycles. The summed E-state index contributed by atoms with van der Waals surface area (Å²) in [7, 11) is 0. The van der Waals surface area contributed by atoms with E-state index in [0.29, 0.717) is 6.42 Å². The highest BCUT2D eigenvalue weighted by Gasteiger charge is 2.53. The van der Waals surface area contributed by atoms with Crippen molar-refractivity contribution in [2.24, 2.45) is 0 Å². The number of nitro groups is 2. The van der Waals surface area contributed by atoms with Gasteiger partial charge in [0, 0.05) is 23.5 Å². The van der Waals surface area contributed by atoms with Gasteiger partial charge in [-0.15, -0.1) is 0 Å². The van der Waals surface area contributed by atoms with Crippen LogP contribution in [0.2, 0.25) is 0 Å². The Morgan fingerprint density at radius 2 is 1.88 bits per heavy atom. The Labute approximate surface area is 152 Å². The van der Waals surface area contributed by atoms with Crippen molar-refractivity contribution in [3.63, 3.8) is 0 Å². The van der Waals surface area contributed by atoms with Crippen molar-refractivity contribution >= 4 is 5.97 Å². The number of allylic oxidation sites excluding steroid dienone is 2. The molecule has 1 rings (SSSR count). The van der Waals surface area contributed by atoms with Crippen molar-refractivity contribution in [2.45, 2.75) is 70.4 Å². The largest absolute Gasteiger partial charge is 0.447 e. The Kier molecular flexibility index (Phi) is 8.67. The molecular weight excluding hydrogens is 340 g/mol. The van der Waals surface area contributed by atoms with Crippen molar-refractivity contribution in [1.29, 1.82) is 0 Å². The SMILES string of the molecule is C/C=C/C(=O)OC1C=CC([N+](=O)[O-])=CC1(CCCCCCCC)[N+](=O)[O-]. The Morgan fingerprint density at radius 3 is 2.46 bits per heavy atom. The molecule has 0 saturated heterocycles. The zero-order valence-corrected chi connectivity index (χ0v) is 15.3. The van der Waals surface area contributed by atoms with Gasteiger partial charge in [0.05, 0.1) is 11.0 Å². The first kappa shape index (κ1) is 21.5. The summed E-state index contributed by atoms with van der Waals surface area (Å²) in [5, 5.41) is 22.9. The quantitative estimate of drug-likeness (QED) is 0.180. The molecule has 1 aliphatic rings. The smallest absolute Gasteiger partial charge is 0.331 e. The number of unbranched alkanes of at least 4 members (excludes halogenated alkanes) is 5. The molecule has 144 valence electrons. The van der Waals surface area contributed by atoms with E-state index in [1.807, 2.05) is 0 Å². The van der Waals surface area contributed by atoms with Crippen LogP contribution in [-0.4, -0.2) is 27.5 Å². The van der Waals surface area contributed by atoms with Crippen LogP contribution in [-0.2, 0) is 9.53 Å². The van der Waals surface area contributed by atoms with E-state index in [-0.39, 0.29) is 12.1 Å². The molecule has 0 radical (unpaired) electrons. The Bertz CT molecular complexity index is 611. The zero-order chi connectivity index (χ0) is 19.6.